The zero-order chi connectivity index (χ0) is 16.6. The molecule has 2 unspecified atom stereocenters. The molecule has 2 atom stereocenters. The van der Waals surface area contributed by atoms with Crippen LogP contribution in [0.1, 0.15) is 44.5 Å². The van der Waals surface area contributed by atoms with E-state index in [9.17, 15) is 4.79 Å². The highest BCUT2D eigenvalue weighted by molar-refractivity contribution is 5.92. The average molecular weight is 312 g/mol. The van der Waals surface area contributed by atoms with Gasteiger partial charge in [0.15, 0.2) is 0 Å². The Morgan fingerprint density at radius 1 is 1.09 bits per heavy atom. The van der Waals surface area contributed by atoms with Gasteiger partial charge in [-0.15, -0.1) is 0 Å². The molecule has 2 heterocycles. The zero-order valence-corrected chi connectivity index (χ0v) is 14.3. The summed E-state index contributed by atoms with van der Waals surface area (Å²) in [5.41, 5.74) is 4.28. The number of nitrogens with zero attached hydrogens (tertiary/aromatic N) is 3. The standard InChI is InChI=1S/C18H24N4O/c1-11-6-5-7-12(2)22(11)18(23)21-15-8-9-16-17(10-15)20-14(4)13(3)19-16/h8-12H,5-7H2,1-4H3,(H,21,23). The first-order valence-corrected chi connectivity index (χ1v) is 8.30. The molecule has 3 rings (SSSR count). The van der Waals surface area contributed by atoms with Crippen molar-refractivity contribution in [2.24, 2.45) is 0 Å². The minimum absolute atomic E-state index is 0.0270. The van der Waals surface area contributed by atoms with Gasteiger partial charge in [-0.25, -0.2) is 14.8 Å². The molecular formula is C18H24N4O. The van der Waals surface area contributed by atoms with Crippen LogP contribution in [-0.2, 0) is 0 Å². The van der Waals surface area contributed by atoms with Crippen molar-refractivity contribution >= 4 is 22.8 Å². The van der Waals surface area contributed by atoms with Crippen molar-refractivity contribution in [3.63, 3.8) is 0 Å². The Morgan fingerprint density at radius 3 is 2.35 bits per heavy atom. The van der Waals surface area contributed by atoms with Crippen molar-refractivity contribution in [1.29, 1.82) is 0 Å². The molecule has 0 bridgehead atoms. The fraction of sp³-hybridized carbons (Fsp3) is 0.500. The van der Waals surface area contributed by atoms with Gasteiger partial charge in [0.2, 0.25) is 0 Å². The lowest BCUT2D eigenvalue weighted by atomic mass is 9.98. The number of amides is 2. The van der Waals surface area contributed by atoms with Gasteiger partial charge >= 0.3 is 6.03 Å². The second-order valence-electron chi connectivity index (χ2n) is 6.56. The summed E-state index contributed by atoms with van der Waals surface area (Å²) in [4.78, 5) is 23.7. The summed E-state index contributed by atoms with van der Waals surface area (Å²) in [5.74, 6) is 0. The molecule has 0 spiro atoms. The van der Waals surface area contributed by atoms with Crippen LogP contribution in [0.4, 0.5) is 10.5 Å². The van der Waals surface area contributed by atoms with E-state index >= 15 is 0 Å². The van der Waals surface area contributed by atoms with E-state index in [2.05, 4.69) is 29.1 Å². The molecule has 2 aromatic rings. The number of carbonyl (C=O) groups excluding carboxylic acids is 1. The number of nitrogens with one attached hydrogen (secondary N) is 1. The molecule has 1 aromatic carbocycles. The number of urea groups is 1. The third kappa shape index (κ3) is 3.14. The largest absolute Gasteiger partial charge is 0.322 e. The minimum atomic E-state index is -0.0270. The van der Waals surface area contributed by atoms with E-state index in [1.807, 2.05) is 36.9 Å². The van der Waals surface area contributed by atoms with Gasteiger partial charge in [0.1, 0.15) is 0 Å². The summed E-state index contributed by atoms with van der Waals surface area (Å²) in [6.07, 6.45) is 3.33. The Balaban J connectivity index is 1.83. The molecule has 122 valence electrons. The van der Waals surface area contributed by atoms with Crippen LogP contribution in [0.15, 0.2) is 18.2 Å². The highest BCUT2D eigenvalue weighted by Crippen LogP contribution is 2.24. The summed E-state index contributed by atoms with van der Waals surface area (Å²) in [6, 6.07) is 6.23. The number of aromatic nitrogens is 2. The van der Waals surface area contributed by atoms with Crippen molar-refractivity contribution in [1.82, 2.24) is 14.9 Å². The molecule has 1 N–H and O–H groups in total. The Hall–Kier alpha value is -2.17. The van der Waals surface area contributed by atoms with Crippen molar-refractivity contribution in [3.8, 4) is 0 Å². The molecule has 1 aliphatic heterocycles. The van der Waals surface area contributed by atoms with Gasteiger partial charge < -0.3 is 10.2 Å². The number of anilines is 1. The van der Waals surface area contributed by atoms with Crippen LogP contribution in [0.25, 0.3) is 11.0 Å². The second kappa shape index (κ2) is 6.14. The van der Waals surface area contributed by atoms with E-state index in [1.165, 1.54) is 6.42 Å². The fourth-order valence-corrected chi connectivity index (χ4v) is 3.32. The Kier molecular flexibility index (Phi) is 4.20. The Morgan fingerprint density at radius 2 is 1.70 bits per heavy atom. The van der Waals surface area contributed by atoms with E-state index < -0.39 is 0 Å². The minimum Gasteiger partial charge on any atom is -0.319 e. The average Bonchev–Trinajstić information content (AvgIpc) is 2.48. The first-order chi connectivity index (χ1) is 11.0. The van der Waals surface area contributed by atoms with E-state index in [4.69, 9.17) is 0 Å². The SMILES string of the molecule is Cc1nc2ccc(NC(=O)N3C(C)CCCC3C)cc2nc1C. The molecule has 2 amide bonds. The maximum absolute atomic E-state index is 12.6. The highest BCUT2D eigenvalue weighted by atomic mass is 16.2. The molecule has 0 radical (unpaired) electrons. The Labute approximate surface area is 137 Å². The lowest BCUT2D eigenvalue weighted by Crippen LogP contribution is -2.49. The van der Waals surface area contributed by atoms with E-state index in [1.54, 1.807) is 0 Å². The lowest BCUT2D eigenvalue weighted by Gasteiger charge is -2.38. The maximum atomic E-state index is 12.6. The van der Waals surface area contributed by atoms with Crippen molar-refractivity contribution < 1.29 is 4.79 Å². The molecule has 1 aliphatic rings. The van der Waals surface area contributed by atoms with Gasteiger partial charge in [-0.2, -0.15) is 0 Å². The van der Waals surface area contributed by atoms with Crippen molar-refractivity contribution in [2.45, 2.75) is 59.0 Å². The molecule has 5 nitrogen and oxygen atoms in total. The number of rotatable bonds is 1. The maximum Gasteiger partial charge on any atom is 0.322 e. The van der Waals surface area contributed by atoms with Crippen LogP contribution in [-0.4, -0.2) is 33.0 Å². The van der Waals surface area contributed by atoms with Crippen LogP contribution < -0.4 is 5.32 Å². The number of piperidine rings is 1. The van der Waals surface area contributed by atoms with Gasteiger partial charge in [0.25, 0.3) is 0 Å². The van der Waals surface area contributed by atoms with Crippen molar-refractivity contribution in [3.05, 3.63) is 29.6 Å². The van der Waals surface area contributed by atoms with Gasteiger partial charge in [-0.3, -0.25) is 0 Å². The predicted molar refractivity (Wildman–Crippen MR) is 92.6 cm³/mol. The van der Waals surface area contributed by atoms with Crippen LogP contribution in [0, 0.1) is 13.8 Å². The monoisotopic (exact) mass is 312 g/mol. The van der Waals surface area contributed by atoms with Gasteiger partial charge in [-0.1, -0.05) is 0 Å². The third-order valence-corrected chi connectivity index (χ3v) is 4.75. The molecule has 0 aliphatic carbocycles. The molecule has 23 heavy (non-hydrogen) atoms. The smallest absolute Gasteiger partial charge is 0.319 e. The predicted octanol–water partition coefficient (Wildman–Crippen LogP) is 4.04. The Bertz CT molecular complexity index is 733. The zero-order valence-electron chi connectivity index (χ0n) is 14.3. The lowest BCUT2D eigenvalue weighted by molar-refractivity contribution is 0.133. The summed E-state index contributed by atoms with van der Waals surface area (Å²) < 4.78 is 0. The summed E-state index contributed by atoms with van der Waals surface area (Å²) in [6.45, 7) is 8.14. The second-order valence-corrected chi connectivity index (χ2v) is 6.56. The summed E-state index contributed by atoms with van der Waals surface area (Å²) in [7, 11) is 0. The van der Waals surface area contributed by atoms with Crippen LogP contribution >= 0.6 is 0 Å². The summed E-state index contributed by atoms with van der Waals surface area (Å²) in [5, 5.41) is 3.02. The normalized spacial score (nSPS) is 21.5. The first-order valence-electron chi connectivity index (χ1n) is 8.30. The summed E-state index contributed by atoms with van der Waals surface area (Å²) >= 11 is 0. The van der Waals surface area contributed by atoms with Crippen molar-refractivity contribution in [2.75, 3.05) is 5.32 Å². The number of hydrogen-bond donors (Lipinski definition) is 1. The first kappa shape index (κ1) is 15.7. The quantitative estimate of drug-likeness (QED) is 0.864. The van der Waals surface area contributed by atoms with Crippen LogP contribution in [0.3, 0.4) is 0 Å². The fourth-order valence-electron chi connectivity index (χ4n) is 3.32. The molecule has 1 aromatic heterocycles. The highest BCUT2D eigenvalue weighted by Gasteiger charge is 2.28. The molecule has 0 saturated carbocycles. The van der Waals surface area contributed by atoms with E-state index in [0.717, 1.165) is 41.0 Å². The molecule has 1 fully saturated rings. The molecule has 1 saturated heterocycles. The third-order valence-electron chi connectivity index (χ3n) is 4.75. The van der Waals surface area contributed by atoms with E-state index in [0.29, 0.717) is 0 Å². The molecular weight excluding hydrogens is 288 g/mol. The van der Waals surface area contributed by atoms with Gasteiger partial charge in [-0.05, 0) is 65.2 Å². The molecule has 5 heteroatoms. The van der Waals surface area contributed by atoms with Crippen LogP contribution in [0.2, 0.25) is 0 Å². The number of likely N-dealkylation sites (tertiary alicyclic amines) is 1. The number of carbonyl (C=O) groups is 1. The number of benzene rings is 1. The topological polar surface area (TPSA) is 58.1 Å². The van der Waals surface area contributed by atoms with Gasteiger partial charge in [0.05, 0.1) is 22.4 Å². The van der Waals surface area contributed by atoms with E-state index in [-0.39, 0.29) is 18.1 Å². The number of fused-ring (bicyclic) bond motifs is 1. The number of aryl methyl sites for hydroxylation is 2. The number of hydrogen-bond acceptors (Lipinski definition) is 3. The van der Waals surface area contributed by atoms with Gasteiger partial charge in [0, 0.05) is 17.8 Å². The van der Waals surface area contributed by atoms with Crippen LogP contribution in [0.5, 0.6) is 0 Å².